The van der Waals surface area contributed by atoms with E-state index in [9.17, 15) is 0 Å². The van der Waals surface area contributed by atoms with Crippen LogP contribution in [-0.2, 0) is 0 Å². The van der Waals surface area contributed by atoms with E-state index in [2.05, 4.69) is 28.4 Å². The molecule has 0 unspecified atom stereocenters. The van der Waals surface area contributed by atoms with Gasteiger partial charge in [-0.2, -0.15) is 5.10 Å². The molecule has 58 valence electrons. The Morgan fingerprint density at radius 3 is 3.08 bits per heavy atom. The molecule has 3 heteroatoms. The Morgan fingerprint density at radius 1 is 1.17 bits per heavy atom. The van der Waals surface area contributed by atoms with Crippen LogP contribution in [0.5, 0.6) is 0 Å². The average molecular weight is 174 g/mol. The molecule has 0 aliphatic heterocycles. The fourth-order valence-corrected chi connectivity index (χ4v) is 2.44. The number of fused-ring (bicyclic) bond motifs is 3. The van der Waals surface area contributed by atoms with Gasteiger partial charge in [0, 0.05) is 16.3 Å². The molecule has 2 heterocycles. The summed E-state index contributed by atoms with van der Waals surface area (Å²) in [6, 6.07) is 8.33. The van der Waals surface area contributed by atoms with Crippen LogP contribution in [0.25, 0.3) is 20.3 Å². The monoisotopic (exact) mass is 174 g/mol. The quantitative estimate of drug-likeness (QED) is 0.557. The fraction of sp³-hybridized carbons (Fsp3) is 0. The zero-order valence-corrected chi connectivity index (χ0v) is 7.06. The van der Waals surface area contributed by atoms with Gasteiger partial charge < -0.3 is 0 Å². The van der Waals surface area contributed by atoms with Crippen molar-refractivity contribution in [3.05, 3.63) is 30.5 Å². The fourth-order valence-electron chi connectivity index (χ4n) is 1.42. The second kappa shape index (κ2) is 2.08. The van der Waals surface area contributed by atoms with Crippen molar-refractivity contribution in [2.45, 2.75) is 0 Å². The molecule has 0 amide bonds. The van der Waals surface area contributed by atoms with Crippen molar-refractivity contribution in [1.29, 1.82) is 0 Å². The second-order valence-electron chi connectivity index (χ2n) is 2.70. The average Bonchev–Trinajstić information content (AvgIpc) is 2.62. The molecule has 0 saturated carbocycles. The zero-order valence-electron chi connectivity index (χ0n) is 6.24. The number of hydrogen-bond acceptors (Lipinski definition) is 2. The van der Waals surface area contributed by atoms with Gasteiger partial charge in [0.05, 0.1) is 4.70 Å². The highest BCUT2D eigenvalue weighted by molar-refractivity contribution is 7.25. The van der Waals surface area contributed by atoms with Crippen molar-refractivity contribution in [3.63, 3.8) is 0 Å². The first-order chi connectivity index (χ1) is 5.95. The third kappa shape index (κ3) is 0.662. The summed E-state index contributed by atoms with van der Waals surface area (Å²) in [5.74, 6) is 0. The summed E-state index contributed by atoms with van der Waals surface area (Å²) in [4.78, 5) is 0. The molecule has 0 atom stereocenters. The highest BCUT2D eigenvalue weighted by atomic mass is 32.1. The Morgan fingerprint density at radius 2 is 2.08 bits per heavy atom. The molecule has 2 aromatic heterocycles. The van der Waals surface area contributed by atoms with Gasteiger partial charge in [0.25, 0.3) is 0 Å². The minimum Gasteiger partial charge on any atom is -0.284 e. The lowest BCUT2D eigenvalue weighted by Crippen LogP contribution is -1.66. The third-order valence-corrected chi connectivity index (χ3v) is 3.07. The van der Waals surface area contributed by atoms with Crippen molar-refractivity contribution in [2.24, 2.45) is 0 Å². The number of benzene rings is 1. The molecule has 3 aromatic rings. The first-order valence-electron chi connectivity index (χ1n) is 3.76. The number of nitrogens with zero attached hydrogens (tertiary/aromatic N) is 1. The molecule has 0 fully saturated rings. The Hall–Kier alpha value is -1.35. The number of H-pyrrole nitrogens is 1. The van der Waals surface area contributed by atoms with Crippen LogP contribution in [-0.4, -0.2) is 10.2 Å². The van der Waals surface area contributed by atoms with E-state index in [4.69, 9.17) is 0 Å². The summed E-state index contributed by atoms with van der Waals surface area (Å²) in [5, 5.41) is 8.31. The van der Waals surface area contributed by atoms with Crippen LogP contribution in [0.4, 0.5) is 0 Å². The van der Waals surface area contributed by atoms with Crippen molar-refractivity contribution in [3.8, 4) is 0 Å². The molecule has 12 heavy (non-hydrogen) atoms. The van der Waals surface area contributed by atoms with Gasteiger partial charge >= 0.3 is 0 Å². The predicted molar refractivity (Wildman–Crippen MR) is 51.5 cm³/mol. The smallest absolute Gasteiger partial charge is 0.111 e. The summed E-state index contributed by atoms with van der Waals surface area (Å²) in [5.41, 5.74) is 1.09. The first-order valence-corrected chi connectivity index (χ1v) is 4.58. The Bertz CT molecular complexity index is 534. The van der Waals surface area contributed by atoms with Crippen LogP contribution in [0.2, 0.25) is 0 Å². The van der Waals surface area contributed by atoms with Gasteiger partial charge in [-0.25, -0.2) is 0 Å². The van der Waals surface area contributed by atoms with Crippen molar-refractivity contribution in [1.82, 2.24) is 10.2 Å². The molecule has 0 spiro atoms. The lowest BCUT2D eigenvalue weighted by atomic mass is 10.2. The molecule has 0 saturated heterocycles. The molecule has 0 radical (unpaired) electrons. The normalized spacial score (nSPS) is 11.3. The molecular weight excluding hydrogens is 168 g/mol. The molecule has 1 aromatic carbocycles. The minimum atomic E-state index is 1.09. The summed E-state index contributed by atoms with van der Waals surface area (Å²) in [6.07, 6.45) is 1.94. The Labute approximate surface area is 72.8 Å². The van der Waals surface area contributed by atoms with E-state index in [1.807, 2.05) is 12.3 Å². The number of aromatic amines is 1. The summed E-state index contributed by atoms with van der Waals surface area (Å²) >= 11 is 1.77. The molecule has 0 aliphatic carbocycles. The van der Waals surface area contributed by atoms with Crippen molar-refractivity contribution >= 4 is 31.6 Å². The van der Waals surface area contributed by atoms with Crippen LogP contribution in [0.15, 0.2) is 30.5 Å². The summed E-state index contributed by atoms with van der Waals surface area (Å²) < 4.78 is 2.54. The number of nitrogens with one attached hydrogen (secondary N) is 1. The van der Waals surface area contributed by atoms with E-state index in [0.717, 1.165) is 5.52 Å². The summed E-state index contributed by atoms with van der Waals surface area (Å²) in [7, 11) is 0. The molecular formula is C9H6N2S. The maximum absolute atomic E-state index is 4.19. The van der Waals surface area contributed by atoms with Crippen LogP contribution in [0.3, 0.4) is 0 Å². The van der Waals surface area contributed by atoms with Gasteiger partial charge in [-0.15, -0.1) is 11.3 Å². The van der Waals surface area contributed by atoms with Gasteiger partial charge in [0.15, 0.2) is 0 Å². The number of thiophene rings is 1. The van der Waals surface area contributed by atoms with Gasteiger partial charge in [-0.3, -0.25) is 5.10 Å². The number of aromatic nitrogens is 2. The van der Waals surface area contributed by atoms with Crippen molar-refractivity contribution in [2.75, 3.05) is 0 Å². The minimum absolute atomic E-state index is 1.09. The molecule has 1 N–H and O–H groups in total. The standard InChI is InChI=1S/C9H6N2S/c1-2-4-7-6(3-1)9-8(12-7)5-10-11-9/h1-5H,(H,10,11). The van der Waals surface area contributed by atoms with Crippen LogP contribution >= 0.6 is 11.3 Å². The van der Waals surface area contributed by atoms with Gasteiger partial charge in [-0.1, -0.05) is 18.2 Å². The molecule has 3 rings (SSSR count). The Kier molecular flexibility index (Phi) is 1.07. The summed E-state index contributed by atoms with van der Waals surface area (Å²) in [6.45, 7) is 0. The third-order valence-electron chi connectivity index (χ3n) is 1.97. The first kappa shape index (κ1) is 6.20. The van der Waals surface area contributed by atoms with Crippen LogP contribution < -0.4 is 0 Å². The SMILES string of the molecule is c1ccc2c(c1)sc1c[nH]nc12. The van der Waals surface area contributed by atoms with E-state index >= 15 is 0 Å². The lowest BCUT2D eigenvalue weighted by Gasteiger charge is -1.84. The van der Waals surface area contributed by atoms with Gasteiger partial charge in [-0.05, 0) is 6.07 Å². The van der Waals surface area contributed by atoms with Crippen LogP contribution in [0.1, 0.15) is 0 Å². The zero-order chi connectivity index (χ0) is 7.97. The maximum atomic E-state index is 4.19. The van der Waals surface area contributed by atoms with E-state index in [0.29, 0.717) is 0 Å². The molecule has 0 aliphatic rings. The number of hydrogen-bond donors (Lipinski definition) is 1. The van der Waals surface area contributed by atoms with E-state index in [1.165, 1.54) is 14.8 Å². The topological polar surface area (TPSA) is 28.7 Å². The predicted octanol–water partition coefficient (Wildman–Crippen LogP) is 2.78. The van der Waals surface area contributed by atoms with E-state index < -0.39 is 0 Å². The molecule has 0 bridgehead atoms. The van der Waals surface area contributed by atoms with Gasteiger partial charge in [0.2, 0.25) is 0 Å². The highest BCUT2D eigenvalue weighted by Gasteiger charge is 2.04. The van der Waals surface area contributed by atoms with E-state index in [1.54, 1.807) is 11.3 Å². The highest BCUT2D eigenvalue weighted by Crippen LogP contribution is 2.31. The van der Waals surface area contributed by atoms with Crippen LogP contribution in [0, 0.1) is 0 Å². The largest absolute Gasteiger partial charge is 0.284 e. The lowest BCUT2D eigenvalue weighted by molar-refractivity contribution is 1.12. The molecule has 2 nitrogen and oxygen atoms in total. The van der Waals surface area contributed by atoms with Gasteiger partial charge in [0.1, 0.15) is 5.52 Å². The maximum Gasteiger partial charge on any atom is 0.111 e. The van der Waals surface area contributed by atoms with Crippen molar-refractivity contribution < 1.29 is 0 Å². The van der Waals surface area contributed by atoms with E-state index in [-0.39, 0.29) is 0 Å². The number of rotatable bonds is 0. The second-order valence-corrected chi connectivity index (χ2v) is 3.78. The Balaban J connectivity index is 2.68.